The molecule has 0 saturated carbocycles. The van der Waals surface area contributed by atoms with E-state index in [1.807, 2.05) is 48.9 Å². The molecule has 2 aliphatic rings. The molecule has 0 atom stereocenters. The molecule has 3 aromatic heterocycles. The number of pyridine rings is 2. The van der Waals surface area contributed by atoms with Gasteiger partial charge in [0.05, 0.1) is 35.0 Å². The molecule has 4 aromatic rings. The lowest BCUT2D eigenvalue weighted by molar-refractivity contribution is 0.0966. The Morgan fingerprint density at radius 1 is 1.06 bits per heavy atom. The molecule has 1 saturated heterocycles. The Morgan fingerprint density at radius 3 is 2.74 bits per heavy atom. The second-order valence-corrected chi connectivity index (χ2v) is 9.13. The van der Waals surface area contributed by atoms with Crippen LogP contribution in [0.5, 0.6) is 0 Å². The van der Waals surface area contributed by atoms with E-state index >= 15 is 0 Å². The van der Waals surface area contributed by atoms with E-state index in [0.717, 1.165) is 58.7 Å². The van der Waals surface area contributed by atoms with E-state index in [1.165, 1.54) is 19.3 Å². The van der Waals surface area contributed by atoms with Crippen LogP contribution >= 0.6 is 0 Å². The molecule has 2 N–H and O–H groups in total. The average Bonchev–Trinajstić information content (AvgIpc) is 3.49. The first-order chi connectivity index (χ1) is 16.7. The smallest absolute Gasteiger partial charge is 0.254 e. The van der Waals surface area contributed by atoms with Crippen LogP contribution in [0, 0.1) is 5.92 Å². The van der Waals surface area contributed by atoms with Crippen LogP contribution in [0.25, 0.3) is 16.9 Å². The summed E-state index contributed by atoms with van der Waals surface area (Å²) in [5.74, 6) is 1.52. The standard InChI is InChI=1S/C27H28N6O/c1-2-18-10-13-32(14-11-18)19-6-9-24(28-15-19)31-22-8-7-20(21-16-30-27(34)26(21)22)23-17-29-25-5-3-4-12-33(23)25/h3-9,12,15,17-18H,2,10-11,13-14,16H2,1H3,(H,28,31)(H,30,34). The quantitative estimate of drug-likeness (QED) is 0.445. The Bertz CT molecular complexity index is 1350. The molecule has 0 unspecified atom stereocenters. The van der Waals surface area contributed by atoms with Gasteiger partial charge in [-0.1, -0.05) is 25.5 Å². The molecule has 0 radical (unpaired) electrons. The van der Waals surface area contributed by atoms with Gasteiger partial charge in [0.2, 0.25) is 0 Å². The highest BCUT2D eigenvalue weighted by Gasteiger charge is 2.27. The van der Waals surface area contributed by atoms with Gasteiger partial charge in [-0.05, 0) is 54.7 Å². The molecule has 1 amide bonds. The van der Waals surface area contributed by atoms with E-state index in [-0.39, 0.29) is 5.91 Å². The Kier molecular flexibility index (Phi) is 5.17. The minimum Gasteiger partial charge on any atom is -0.370 e. The number of rotatable bonds is 5. The third kappa shape index (κ3) is 3.57. The number of hydrogen-bond donors (Lipinski definition) is 2. The highest BCUT2D eigenvalue weighted by molar-refractivity contribution is 6.06. The second kappa shape index (κ2) is 8.48. The van der Waals surface area contributed by atoms with Crippen LogP contribution in [0.1, 0.15) is 42.1 Å². The van der Waals surface area contributed by atoms with Crippen molar-refractivity contribution in [2.24, 2.45) is 5.92 Å². The van der Waals surface area contributed by atoms with Gasteiger partial charge in [0.1, 0.15) is 11.5 Å². The molecule has 5 heterocycles. The number of nitrogens with one attached hydrogen (secondary N) is 2. The fourth-order valence-corrected chi connectivity index (χ4v) is 5.21. The zero-order chi connectivity index (χ0) is 23.1. The lowest BCUT2D eigenvalue weighted by atomic mass is 9.94. The fraction of sp³-hybridized carbons (Fsp3) is 0.296. The van der Waals surface area contributed by atoms with E-state index < -0.39 is 0 Å². The maximum atomic E-state index is 12.8. The van der Waals surface area contributed by atoms with Crippen LogP contribution in [0.15, 0.2) is 61.1 Å². The molecule has 0 bridgehead atoms. The largest absolute Gasteiger partial charge is 0.370 e. The predicted molar refractivity (Wildman–Crippen MR) is 135 cm³/mol. The first-order valence-corrected chi connectivity index (χ1v) is 12.1. The van der Waals surface area contributed by atoms with Gasteiger partial charge in [0.15, 0.2) is 0 Å². The molecule has 2 aliphatic heterocycles. The van der Waals surface area contributed by atoms with Gasteiger partial charge in [-0.15, -0.1) is 0 Å². The van der Waals surface area contributed by atoms with E-state index in [9.17, 15) is 4.79 Å². The Morgan fingerprint density at radius 2 is 1.94 bits per heavy atom. The Balaban J connectivity index is 1.28. The summed E-state index contributed by atoms with van der Waals surface area (Å²) in [6.07, 6.45) is 9.55. The highest BCUT2D eigenvalue weighted by atomic mass is 16.1. The van der Waals surface area contributed by atoms with Gasteiger partial charge >= 0.3 is 0 Å². The van der Waals surface area contributed by atoms with Crippen molar-refractivity contribution >= 4 is 28.7 Å². The summed E-state index contributed by atoms with van der Waals surface area (Å²) in [4.78, 5) is 24.4. The summed E-state index contributed by atoms with van der Waals surface area (Å²) in [5, 5.41) is 6.36. The summed E-state index contributed by atoms with van der Waals surface area (Å²) in [6.45, 7) is 4.96. The minimum absolute atomic E-state index is 0.0661. The third-order valence-electron chi connectivity index (χ3n) is 7.23. The van der Waals surface area contributed by atoms with E-state index in [1.54, 1.807) is 0 Å². The number of benzene rings is 1. The molecule has 1 fully saturated rings. The maximum Gasteiger partial charge on any atom is 0.254 e. The molecule has 7 heteroatoms. The third-order valence-corrected chi connectivity index (χ3v) is 7.23. The first-order valence-electron chi connectivity index (χ1n) is 12.1. The zero-order valence-corrected chi connectivity index (χ0v) is 19.3. The molecule has 7 nitrogen and oxygen atoms in total. The van der Waals surface area contributed by atoms with Crippen LogP contribution in [0.2, 0.25) is 0 Å². The Labute approximate surface area is 198 Å². The number of amides is 1. The monoisotopic (exact) mass is 452 g/mol. The van der Waals surface area contributed by atoms with Crippen molar-refractivity contribution in [3.05, 3.63) is 72.2 Å². The second-order valence-electron chi connectivity index (χ2n) is 9.13. The van der Waals surface area contributed by atoms with E-state index in [0.29, 0.717) is 12.1 Å². The summed E-state index contributed by atoms with van der Waals surface area (Å²) in [5.41, 5.74) is 6.46. The predicted octanol–water partition coefficient (Wildman–Crippen LogP) is 5.01. The number of piperidine rings is 1. The number of aromatic nitrogens is 3. The van der Waals surface area contributed by atoms with Crippen molar-refractivity contribution in [2.45, 2.75) is 32.7 Å². The van der Waals surface area contributed by atoms with Crippen LogP contribution < -0.4 is 15.5 Å². The number of hydrogen-bond acceptors (Lipinski definition) is 5. The lowest BCUT2D eigenvalue weighted by Gasteiger charge is -2.33. The summed E-state index contributed by atoms with van der Waals surface area (Å²) < 4.78 is 2.05. The minimum atomic E-state index is -0.0661. The van der Waals surface area contributed by atoms with Crippen LogP contribution in [0.3, 0.4) is 0 Å². The molecule has 1 aromatic carbocycles. The van der Waals surface area contributed by atoms with Gasteiger partial charge in [0, 0.05) is 31.4 Å². The number of carbonyl (C=O) groups is 1. The Hall–Kier alpha value is -3.87. The van der Waals surface area contributed by atoms with Crippen LogP contribution in [-0.4, -0.2) is 33.4 Å². The topological polar surface area (TPSA) is 74.6 Å². The maximum absolute atomic E-state index is 12.8. The zero-order valence-electron chi connectivity index (χ0n) is 19.3. The molecular weight excluding hydrogens is 424 g/mol. The van der Waals surface area contributed by atoms with Gasteiger partial charge in [-0.2, -0.15) is 0 Å². The first kappa shape index (κ1) is 20.7. The number of anilines is 3. The highest BCUT2D eigenvalue weighted by Crippen LogP contribution is 2.35. The summed E-state index contributed by atoms with van der Waals surface area (Å²) in [7, 11) is 0. The van der Waals surface area contributed by atoms with Crippen molar-refractivity contribution in [3.63, 3.8) is 0 Å². The van der Waals surface area contributed by atoms with Gasteiger partial charge < -0.3 is 15.5 Å². The normalized spacial score (nSPS) is 16.0. The molecular formula is C27H28N6O. The average molecular weight is 453 g/mol. The SMILES string of the molecule is CCC1CCN(c2ccc(Nc3ccc(-c4cnc5ccccn45)c4c3C(=O)NC4)nc2)CC1. The van der Waals surface area contributed by atoms with Crippen molar-refractivity contribution in [2.75, 3.05) is 23.3 Å². The van der Waals surface area contributed by atoms with Crippen molar-refractivity contribution in [1.82, 2.24) is 19.7 Å². The van der Waals surface area contributed by atoms with Crippen LogP contribution in [-0.2, 0) is 6.54 Å². The number of nitrogens with zero attached hydrogens (tertiary/aromatic N) is 4. The molecule has 0 aliphatic carbocycles. The fourth-order valence-electron chi connectivity index (χ4n) is 5.21. The lowest BCUT2D eigenvalue weighted by Crippen LogP contribution is -2.33. The molecule has 172 valence electrons. The van der Waals surface area contributed by atoms with Gasteiger partial charge in [-0.3, -0.25) is 9.20 Å². The van der Waals surface area contributed by atoms with Gasteiger partial charge in [-0.25, -0.2) is 9.97 Å². The molecule has 6 rings (SSSR count). The van der Waals surface area contributed by atoms with Crippen LogP contribution in [0.4, 0.5) is 17.2 Å². The van der Waals surface area contributed by atoms with E-state index in [4.69, 9.17) is 0 Å². The number of imidazole rings is 1. The summed E-state index contributed by atoms with van der Waals surface area (Å²) >= 11 is 0. The summed E-state index contributed by atoms with van der Waals surface area (Å²) in [6, 6.07) is 14.1. The molecule has 0 spiro atoms. The number of fused-ring (bicyclic) bond motifs is 2. The van der Waals surface area contributed by atoms with Crippen molar-refractivity contribution in [3.8, 4) is 11.3 Å². The van der Waals surface area contributed by atoms with Gasteiger partial charge in [0.25, 0.3) is 5.91 Å². The molecule has 34 heavy (non-hydrogen) atoms. The number of carbonyl (C=O) groups excluding carboxylic acids is 1. The van der Waals surface area contributed by atoms with Crippen molar-refractivity contribution < 1.29 is 4.79 Å². The van der Waals surface area contributed by atoms with Crippen molar-refractivity contribution in [1.29, 1.82) is 0 Å². The van der Waals surface area contributed by atoms with E-state index in [2.05, 4.69) is 49.0 Å².